The number of benzene rings is 1. The predicted molar refractivity (Wildman–Crippen MR) is 102 cm³/mol. The first-order chi connectivity index (χ1) is 12.8. The molecule has 7 heteroatoms. The lowest BCUT2D eigenvalue weighted by molar-refractivity contribution is 0.185. The van der Waals surface area contributed by atoms with Crippen LogP contribution in [-0.2, 0) is 24.4 Å². The number of aromatic nitrogens is 3. The van der Waals surface area contributed by atoms with Gasteiger partial charge in [-0.1, -0.05) is 30.3 Å². The summed E-state index contributed by atoms with van der Waals surface area (Å²) >= 11 is 0. The number of rotatable bonds is 7. The van der Waals surface area contributed by atoms with E-state index in [0.29, 0.717) is 19.7 Å². The van der Waals surface area contributed by atoms with Gasteiger partial charge in [0.05, 0.1) is 19.7 Å². The Balaban J connectivity index is 1.66. The molecule has 1 aromatic carbocycles. The summed E-state index contributed by atoms with van der Waals surface area (Å²) in [4.78, 5) is 4.66. The molecular formula is C19H24N6O. The molecule has 3 aromatic rings. The van der Waals surface area contributed by atoms with E-state index < -0.39 is 0 Å². The normalized spacial score (nSPS) is 11.7. The number of nitrogens with one attached hydrogen (secondary N) is 2. The van der Waals surface area contributed by atoms with Gasteiger partial charge in [0.25, 0.3) is 0 Å². The molecule has 2 heterocycles. The van der Waals surface area contributed by atoms with Crippen molar-refractivity contribution in [3.05, 3.63) is 65.6 Å². The van der Waals surface area contributed by atoms with E-state index in [1.54, 1.807) is 7.11 Å². The molecule has 7 nitrogen and oxygen atoms in total. The van der Waals surface area contributed by atoms with Crippen molar-refractivity contribution in [1.29, 1.82) is 0 Å². The molecule has 2 aromatic heterocycles. The lowest BCUT2D eigenvalue weighted by Gasteiger charge is -2.11. The van der Waals surface area contributed by atoms with E-state index >= 15 is 0 Å². The van der Waals surface area contributed by atoms with Crippen molar-refractivity contribution < 1.29 is 4.74 Å². The van der Waals surface area contributed by atoms with Crippen LogP contribution in [0.15, 0.2) is 53.7 Å². The third kappa shape index (κ3) is 4.58. The Kier molecular flexibility index (Phi) is 6.16. The Morgan fingerprint density at radius 3 is 2.85 bits per heavy atom. The first kappa shape index (κ1) is 17.9. The summed E-state index contributed by atoms with van der Waals surface area (Å²) in [5.41, 5.74) is 3.12. The molecule has 0 atom stereocenters. The number of aliphatic imine (C=N–C) groups is 1. The highest BCUT2D eigenvalue weighted by atomic mass is 16.5. The standard InChI is InChI=1S/C19H24N6O/c1-3-20-19(21-12-15-7-6-8-16(11-15)14-26-2)22-13-18-24-23-17-9-4-5-10-25(17)18/h4-11H,3,12-14H2,1-2H3,(H2,20,21,22). The van der Waals surface area contributed by atoms with Gasteiger partial charge in [0, 0.05) is 19.9 Å². The van der Waals surface area contributed by atoms with Crippen molar-refractivity contribution >= 4 is 11.6 Å². The van der Waals surface area contributed by atoms with Gasteiger partial charge < -0.3 is 15.4 Å². The lowest BCUT2D eigenvalue weighted by atomic mass is 10.1. The molecule has 0 saturated heterocycles. The highest BCUT2D eigenvalue weighted by Crippen LogP contribution is 2.08. The maximum atomic E-state index is 5.19. The second kappa shape index (κ2) is 8.96. The predicted octanol–water partition coefficient (Wildman–Crippen LogP) is 2.13. The third-order valence-corrected chi connectivity index (χ3v) is 3.86. The SMILES string of the molecule is CCNC(=NCc1cccc(COC)c1)NCc1nnc2ccccn12. The minimum Gasteiger partial charge on any atom is -0.380 e. The van der Waals surface area contributed by atoms with Gasteiger partial charge in [-0.15, -0.1) is 10.2 Å². The van der Waals surface area contributed by atoms with Crippen LogP contribution in [0, 0.1) is 0 Å². The fourth-order valence-corrected chi connectivity index (χ4v) is 2.67. The third-order valence-electron chi connectivity index (χ3n) is 3.86. The van der Waals surface area contributed by atoms with Gasteiger partial charge >= 0.3 is 0 Å². The topological polar surface area (TPSA) is 75.8 Å². The average molecular weight is 352 g/mol. The lowest BCUT2D eigenvalue weighted by Crippen LogP contribution is -2.37. The van der Waals surface area contributed by atoms with Crippen molar-refractivity contribution in [3.8, 4) is 0 Å². The quantitative estimate of drug-likeness (QED) is 0.503. The smallest absolute Gasteiger partial charge is 0.191 e. The Bertz CT molecular complexity index is 873. The molecule has 0 radical (unpaired) electrons. The molecule has 0 fully saturated rings. The second-order valence-electron chi connectivity index (χ2n) is 5.85. The van der Waals surface area contributed by atoms with Crippen LogP contribution >= 0.6 is 0 Å². The van der Waals surface area contributed by atoms with E-state index in [4.69, 9.17) is 4.74 Å². The number of hydrogen-bond acceptors (Lipinski definition) is 4. The Morgan fingerprint density at radius 1 is 1.12 bits per heavy atom. The van der Waals surface area contributed by atoms with Crippen LogP contribution in [0.4, 0.5) is 0 Å². The summed E-state index contributed by atoms with van der Waals surface area (Å²) in [6.45, 7) is 4.57. The van der Waals surface area contributed by atoms with Crippen molar-refractivity contribution in [1.82, 2.24) is 25.2 Å². The molecule has 3 rings (SSSR count). The average Bonchev–Trinajstić information content (AvgIpc) is 3.08. The van der Waals surface area contributed by atoms with Gasteiger partial charge in [0.15, 0.2) is 17.4 Å². The van der Waals surface area contributed by atoms with E-state index in [0.717, 1.165) is 35.1 Å². The molecule has 2 N–H and O–H groups in total. The highest BCUT2D eigenvalue weighted by Gasteiger charge is 2.05. The fraction of sp³-hybridized carbons (Fsp3) is 0.316. The van der Waals surface area contributed by atoms with Crippen molar-refractivity contribution in [2.45, 2.75) is 26.6 Å². The Hall–Kier alpha value is -2.93. The number of ether oxygens (including phenoxy) is 1. The van der Waals surface area contributed by atoms with Crippen LogP contribution in [-0.4, -0.2) is 34.2 Å². The second-order valence-corrected chi connectivity index (χ2v) is 5.85. The minimum atomic E-state index is 0.542. The summed E-state index contributed by atoms with van der Waals surface area (Å²) in [7, 11) is 1.70. The minimum absolute atomic E-state index is 0.542. The van der Waals surface area contributed by atoms with Gasteiger partial charge in [-0.05, 0) is 30.2 Å². The summed E-state index contributed by atoms with van der Waals surface area (Å²) in [5, 5.41) is 15.0. The zero-order chi connectivity index (χ0) is 18.2. The highest BCUT2D eigenvalue weighted by molar-refractivity contribution is 5.79. The zero-order valence-electron chi connectivity index (χ0n) is 15.1. The number of guanidine groups is 1. The molecule has 0 aliphatic heterocycles. The van der Waals surface area contributed by atoms with Gasteiger partial charge in [0.2, 0.25) is 0 Å². The van der Waals surface area contributed by atoms with Crippen LogP contribution in [0.3, 0.4) is 0 Å². The molecule has 0 aliphatic rings. The van der Waals surface area contributed by atoms with Crippen LogP contribution in [0.2, 0.25) is 0 Å². The first-order valence-electron chi connectivity index (χ1n) is 8.67. The zero-order valence-corrected chi connectivity index (χ0v) is 15.1. The number of fused-ring (bicyclic) bond motifs is 1. The van der Waals surface area contributed by atoms with Crippen LogP contribution in [0.1, 0.15) is 23.9 Å². The van der Waals surface area contributed by atoms with Gasteiger partial charge in [-0.3, -0.25) is 4.40 Å². The molecule has 0 unspecified atom stereocenters. The summed E-state index contributed by atoms with van der Waals surface area (Å²) in [6.07, 6.45) is 1.96. The summed E-state index contributed by atoms with van der Waals surface area (Å²) in [6, 6.07) is 14.1. The summed E-state index contributed by atoms with van der Waals surface area (Å²) < 4.78 is 7.15. The molecular weight excluding hydrogens is 328 g/mol. The Labute approximate surface area is 153 Å². The van der Waals surface area contributed by atoms with E-state index in [9.17, 15) is 0 Å². The van der Waals surface area contributed by atoms with Crippen molar-refractivity contribution in [2.75, 3.05) is 13.7 Å². The maximum absolute atomic E-state index is 5.19. The van der Waals surface area contributed by atoms with E-state index in [1.165, 1.54) is 0 Å². The monoisotopic (exact) mass is 352 g/mol. The molecule has 0 saturated carbocycles. The molecule has 0 spiro atoms. The van der Waals surface area contributed by atoms with E-state index in [2.05, 4.69) is 44.0 Å². The molecule has 0 amide bonds. The number of hydrogen-bond donors (Lipinski definition) is 2. The van der Waals surface area contributed by atoms with E-state index in [1.807, 2.05) is 41.8 Å². The maximum Gasteiger partial charge on any atom is 0.191 e. The molecule has 136 valence electrons. The largest absolute Gasteiger partial charge is 0.380 e. The molecule has 26 heavy (non-hydrogen) atoms. The molecule has 0 bridgehead atoms. The van der Waals surface area contributed by atoms with Gasteiger partial charge in [-0.2, -0.15) is 0 Å². The van der Waals surface area contributed by atoms with Gasteiger partial charge in [-0.25, -0.2) is 4.99 Å². The Morgan fingerprint density at radius 2 is 2.00 bits per heavy atom. The van der Waals surface area contributed by atoms with Gasteiger partial charge in [0.1, 0.15) is 0 Å². The van der Waals surface area contributed by atoms with E-state index in [-0.39, 0.29) is 0 Å². The number of methoxy groups -OCH3 is 1. The number of nitrogens with zero attached hydrogens (tertiary/aromatic N) is 4. The van der Waals surface area contributed by atoms with Crippen molar-refractivity contribution in [3.63, 3.8) is 0 Å². The van der Waals surface area contributed by atoms with Crippen LogP contribution < -0.4 is 10.6 Å². The van der Waals surface area contributed by atoms with Crippen LogP contribution in [0.5, 0.6) is 0 Å². The molecule has 0 aliphatic carbocycles. The first-order valence-corrected chi connectivity index (χ1v) is 8.67. The summed E-state index contributed by atoms with van der Waals surface area (Å²) in [5.74, 6) is 1.59. The van der Waals surface area contributed by atoms with Crippen molar-refractivity contribution in [2.24, 2.45) is 4.99 Å². The number of pyridine rings is 1. The van der Waals surface area contributed by atoms with Crippen LogP contribution in [0.25, 0.3) is 5.65 Å². The fourth-order valence-electron chi connectivity index (χ4n) is 2.67.